The molecule has 2 saturated heterocycles. The highest BCUT2D eigenvalue weighted by Gasteiger charge is 2.26. The van der Waals surface area contributed by atoms with E-state index in [1.807, 2.05) is 4.90 Å². The molecule has 0 aromatic rings. The van der Waals surface area contributed by atoms with Gasteiger partial charge >= 0.3 is 0 Å². The molecule has 5 heteroatoms. The second kappa shape index (κ2) is 5.30. The Bertz CT molecular complexity index is 274. The predicted octanol–water partition coefficient (Wildman–Crippen LogP) is -0.523. The highest BCUT2D eigenvalue weighted by atomic mass is 16.2. The molecule has 0 bridgehead atoms. The Morgan fingerprint density at radius 2 is 2.00 bits per heavy atom. The molecule has 0 spiro atoms. The molecule has 2 aliphatic heterocycles. The van der Waals surface area contributed by atoms with E-state index in [0.29, 0.717) is 13.0 Å². The summed E-state index contributed by atoms with van der Waals surface area (Å²) in [6.07, 6.45) is 3.70. The summed E-state index contributed by atoms with van der Waals surface area (Å²) >= 11 is 0. The third-order valence-electron chi connectivity index (χ3n) is 3.22. The number of amides is 2. The fourth-order valence-electron chi connectivity index (χ4n) is 2.26. The lowest BCUT2D eigenvalue weighted by molar-refractivity contribution is -0.136. The van der Waals surface area contributed by atoms with Crippen LogP contribution in [0.1, 0.15) is 25.7 Å². The summed E-state index contributed by atoms with van der Waals surface area (Å²) < 4.78 is 0. The molecule has 0 saturated carbocycles. The lowest BCUT2D eigenvalue weighted by atomic mass is 10.1. The summed E-state index contributed by atoms with van der Waals surface area (Å²) in [6, 6.07) is -0.330. The van der Waals surface area contributed by atoms with E-state index in [4.69, 9.17) is 0 Å². The van der Waals surface area contributed by atoms with E-state index in [-0.39, 0.29) is 17.9 Å². The van der Waals surface area contributed by atoms with Crippen molar-refractivity contribution in [2.45, 2.75) is 31.7 Å². The minimum absolute atomic E-state index is 0.0448. The Labute approximate surface area is 95.6 Å². The fourth-order valence-corrected chi connectivity index (χ4v) is 2.26. The Hall–Kier alpha value is -1.10. The van der Waals surface area contributed by atoms with E-state index < -0.39 is 0 Å². The summed E-state index contributed by atoms with van der Waals surface area (Å²) in [6.45, 7) is 3.12. The lowest BCUT2D eigenvalue weighted by Gasteiger charge is -2.29. The van der Waals surface area contributed by atoms with Gasteiger partial charge in [0.05, 0.1) is 12.5 Å². The van der Waals surface area contributed by atoms with Gasteiger partial charge in [-0.3, -0.25) is 9.59 Å². The molecule has 0 unspecified atom stereocenters. The topological polar surface area (TPSA) is 61.4 Å². The number of rotatable bonds is 2. The van der Waals surface area contributed by atoms with Crippen LogP contribution < -0.4 is 10.6 Å². The Kier molecular flexibility index (Phi) is 3.77. The van der Waals surface area contributed by atoms with Crippen molar-refractivity contribution in [3.05, 3.63) is 0 Å². The number of carbonyl (C=O) groups excluding carboxylic acids is 2. The zero-order valence-electron chi connectivity index (χ0n) is 9.50. The zero-order valence-corrected chi connectivity index (χ0v) is 9.50. The van der Waals surface area contributed by atoms with E-state index in [1.54, 1.807) is 0 Å². The minimum atomic E-state index is -0.330. The Balaban J connectivity index is 1.83. The van der Waals surface area contributed by atoms with Gasteiger partial charge in [0.2, 0.25) is 11.8 Å². The van der Waals surface area contributed by atoms with Crippen molar-refractivity contribution in [2.75, 3.05) is 26.2 Å². The van der Waals surface area contributed by atoms with Gasteiger partial charge in [-0.1, -0.05) is 0 Å². The molecule has 0 radical (unpaired) electrons. The van der Waals surface area contributed by atoms with Crippen LogP contribution in [0, 0.1) is 0 Å². The van der Waals surface area contributed by atoms with Crippen LogP contribution >= 0.6 is 0 Å². The first kappa shape index (κ1) is 11.4. The van der Waals surface area contributed by atoms with E-state index in [1.165, 1.54) is 6.42 Å². The van der Waals surface area contributed by atoms with Crippen molar-refractivity contribution in [1.82, 2.24) is 15.5 Å². The van der Waals surface area contributed by atoms with E-state index >= 15 is 0 Å². The van der Waals surface area contributed by atoms with Crippen LogP contribution in [0.5, 0.6) is 0 Å². The molecule has 1 atom stereocenters. The maximum Gasteiger partial charge on any atom is 0.237 e. The molecule has 2 aliphatic rings. The molecule has 16 heavy (non-hydrogen) atoms. The lowest BCUT2D eigenvalue weighted by Crippen LogP contribution is -2.54. The second-order valence-electron chi connectivity index (χ2n) is 4.44. The molecule has 2 amide bonds. The van der Waals surface area contributed by atoms with Gasteiger partial charge in [0.1, 0.15) is 0 Å². The summed E-state index contributed by atoms with van der Waals surface area (Å²) in [4.78, 5) is 25.3. The number of piperazine rings is 1. The highest BCUT2D eigenvalue weighted by Crippen LogP contribution is 2.11. The fraction of sp³-hybridized carbons (Fsp3) is 0.818. The standard InChI is InChI=1S/C11H19N3O2/c15-10(14-6-2-1-3-7-14)8-9-11(16)13-5-4-12-9/h9,12H,1-8H2,(H,13,16)/t9-/m1/s1. The average molecular weight is 225 g/mol. The quantitative estimate of drug-likeness (QED) is 0.664. The largest absolute Gasteiger partial charge is 0.353 e. The molecule has 2 N–H and O–H groups in total. The summed E-state index contributed by atoms with van der Waals surface area (Å²) in [5, 5.41) is 5.85. The first-order valence-electron chi connectivity index (χ1n) is 6.06. The number of carbonyl (C=O) groups is 2. The van der Waals surface area contributed by atoms with Gasteiger partial charge in [-0.25, -0.2) is 0 Å². The van der Waals surface area contributed by atoms with Gasteiger partial charge in [0.25, 0.3) is 0 Å². The monoisotopic (exact) mass is 225 g/mol. The maximum absolute atomic E-state index is 11.9. The number of hydrogen-bond donors (Lipinski definition) is 2. The third kappa shape index (κ3) is 2.72. The summed E-state index contributed by atoms with van der Waals surface area (Å²) in [5.41, 5.74) is 0. The number of hydrogen-bond acceptors (Lipinski definition) is 3. The van der Waals surface area contributed by atoms with Crippen molar-refractivity contribution < 1.29 is 9.59 Å². The molecular formula is C11H19N3O2. The first-order chi connectivity index (χ1) is 7.77. The van der Waals surface area contributed by atoms with Crippen LogP contribution in [0.15, 0.2) is 0 Å². The summed E-state index contributed by atoms with van der Waals surface area (Å²) in [5.74, 6) is 0.0610. The van der Waals surface area contributed by atoms with E-state index in [0.717, 1.165) is 32.5 Å². The number of nitrogens with zero attached hydrogens (tertiary/aromatic N) is 1. The first-order valence-corrected chi connectivity index (χ1v) is 6.06. The molecule has 0 aliphatic carbocycles. The Morgan fingerprint density at radius 3 is 2.69 bits per heavy atom. The number of likely N-dealkylation sites (tertiary alicyclic amines) is 1. The van der Waals surface area contributed by atoms with Crippen LogP contribution in [0.3, 0.4) is 0 Å². The normalized spacial score (nSPS) is 26.4. The molecule has 0 aromatic carbocycles. The van der Waals surface area contributed by atoms with Gasteiger partial charge in [0, 0.05) is 26.2 Å². The molecule has 90 valence electrons. The molecule has 2 rings (SSSR count). The van der Waals surface area contributed by atoms with Crippen LogP contribution in [0.4, 0.5) is 0 Å². The number of piperidine rings is 1. The predicted molar refractivity (Wildman–Crippen MR) is 59.8 cm³/mol. The van der Waals surface area contributed by atoms with E-state index in [9.17, 15) is 9.59 Å². The van der Waals surface area contributed by atoms with Gasteiger partial charge in [-0.2, -0.15) is 0 Å². The maximum atomic E-state index is 11.9. The second-order valence-corrected chi connectivity index (χ2v) is 4.44. The number of nitrogens with one attached hydrogen (secondary N) is 2. The average Bonchev–Trinajstić information content (AvgIpc) is 2.33. The minimum Gasteiger partial charge on any atom is -0.353 e. The van der Waals surface area contributed by atoms with Crippen molar-refractivity contribution in [3.63, 3.8) is 0 Å². The van der Waals surface area contributed by atoms with Crippen molar-refractivity contribution in [3.8, 4) is 0 Å². The smallest absolute Gasteiger partial charge is 0.237 e. The zero-order chi connectivity index (χ0) is 11.4. The van der Waals surface area contributed by atoms with Crippen LogP contribution in [-0.2, 0) is 9.59 Å². The van der Waals surface area contributed by atoms with Gasteiger partial charge in [-0.15, -0.1) is 0 Å². The van der Waals surface area contributed by atoms with E-state index in [2.05, 4.69) is 10.6 Å². The molecule has 5 nitrogen and oxygen atoms in total. The van der Waals surface area contributed by atoms with Crippen LogP contribution in [0.2, 0.25) is 0 Å². The van der Waals surface area contributed by atoms with Crippen LogP contribution in [0.25, 0.3) is 0 Å². The molecule has 2 heterocycles. The van der Waals surface area contributed by atoms with Gasteiger partial charge < -0.3 is 15.5 Å². The van der Waals surface area contributed by atoms with Gasteiger partial charge in [0.15, 0.2) is 0 Å². The van der Waals surface area contributed by atoms with Crippen LogP contribution in [-0.4, -0.2) is 48.9 Å². The van der Waals surface area contributed by atoms with Crippen molar-refractivity contribution in [1.29, 1.82) is 0 Å². The Morgan fingerprint density at radius 1 is 1.25 bits per heavy atom. The SMILES string of the molecule is O=C1NCCN[C@@H]1CC(=O)N1CCCCC1. The molecular weight excluding hydrogens is 206 g/mol. The third-order valence-corrected chi connectivity index (χ3v) is 3.22. The van der Waals surface area contributed by atoms with Crippen molar-refractivity contribution in [2.24, 2.45) is 0 Å². The highest BCUT2D eigenvalue weighted by molar-refractivity contribution is 5.88. The van der Waals surface area contributed by atoms with Crippen molar-refractivity contribution >= 4 is 11.8 Å². The summed E-state index contributed by atoms with van der Waals surface area (Å²) in [7, 11) is 0. The van der Waals surface area contributed by atoms with Gasteiger partial charge in [-0.05, 0) is 19.3 Å². The molecule has 2 fully saturated rings. The molecule has 0 aromatic heterocycles.